The van der Waals surface area contributed by atoms with Gasteiger partial charge in [-0.1, -0.05) is 22.0 Å². The van der Waals surface area contributed by atoms with Crippen LogP contribution in [0.1, 0.15) is 16.8 Å². The van der Waals surface area contributed by atoms with Crippen molar-refractivity contribution in [1.82, 2.24) is 5.32 Å². The molecule has 0 aliphatic heterocycles. The fraction of sp³-hybridized carbons (Fsp3) is 0.417. The zero-order valence-electron chi connectivity index (χ0n) is 9.58. The van der Waals surface area contributed by atoms with Crippen molar-refractivity contribution in [2.75, 3.05) is 20.3 Å². The maximum atomic E-state index is 11.7. The fourth-order valence-electron chi connectivity index (χ4n) is 1.34. The molecule has 94 valence electrons. The SMILES string of the molecule is COCC(Cl)CCNC(=O)c1cccc(Br)c1. The van der Waals surface area contributed by atoms with Crippen LogP contribution in [0.3, 0.4) is 0 Å². The van der Waals surface area contributed by atoms with Crippen molar-refractivity contribution in [2.45, 2.75) is 11.8 Å². The molecule has 1 aromatic carbocycles. The predicted molar refractivity (Wildman–Crippen MR) is 72.6 cm³/mol. The Hall–Kier alpha value is -0.580. The molecule has 0 bridgehead atoms. The van der Waals surface area contributed by atoms with Crippen LogP contribution in [0.15, 0.2) is 28.7 Å². The fourth-order valence-corrected chi connectivity index (χ4v) is 1.97. The van der Waals surface area contributed by atoms with Gasteiger partial charge in [-0.3, -0.25) is 4.79 Å². The van der Waals surface area contributed by atoms with Crippen LogP contribution in [0.4, 0.5) is 0 Å². The van der Waals surface area contributed by atoms with Crippen LogP contribution >= 0.6 is 27.5 Å². The van der Waals surface area contributed by atoms with Gasteiger partial charge in [0.25, 0.3) is 5.91 Å². The number of hydrogen-bond donors (Lipinski definition) is 1. The summed E-state index contributed by atoms with van der Waals surface area (Å²) in [6.45, 7) is 1.04. The van der Waals surface area contributed by atoms with E-state index in [-0.39, 0.29) is 11.3 Å². The first-order valence-electron chi connectivity index (χ1n) is 5.30. The molecule has 0 aliphatic carbocycles. The van der Waals surface area contributed by atoms with Crippen molar-refractivity contribution in [3.05, 3.63) is 34.3 Å². The molecule has 0 aromatic heterocycles. The average Bonchev–Trinajstić information content (AvgIpc) is 2.29. The maximum absolute atomic E-state index is 11.7. The molecule has 1 aromatic rings. The highest BCUT2D eigenvalue weighted by Gasteiger charge is 2.07. The monoisotopic (exact) mass is 319 g/mol. The lowest BCUT2D eigenvalue weighted by Crippen LogP contribution is -2.27. The molecule has 3 nitrogen and oxygen atoms in total. The molecular formula is C12H15BrClNO2. The number of methoxy groups -OCH3 is 1. The summed E-state index contributed by atoms with van der Waals surface area (Å²) in [6, 6.07) is 7.26. The van der Waals surface area contributed by atoms with E-state index >= 15 is 0 Å². The number of ether oxygens (including phenoxy) is 1. The summed E-state index contributed by atoms with van der Waals surface area (Å²) in [5, 5.41) is 2.75. The minimum absolute atomic E-state index is 0.0668. The van der Waals surface area contributed by atoms with E-state index in [1.54, 1.807) is 19.2 Å². The molecule has 0 saturated carbocycles. The third-order valence-electron chi connectivity index (χ3n) is 2.18. The number of benzene rings is 1. The minimum Gasteiger partial charge on any atom is -0.383 e. The Kier molecular flexibility index (Phi) is 6.55. The van der Waals surface area contributed by atoms with E-state index in [9.17, 15) is 4.79 Å². The summed E-state index contributed by atoms with van der Waals surface area (Å²) in [5.41, 5.74) is 0.636. The highest BCUT2D eigenvalue weighted by molar-refractivity contribution is 9.10. The summed E-state index contributed by atoms with van der Waals surface area (Å²) in [5.74, 6) is -0.0902. The Morgan fingerprint density at radius 2 is 2.35 bits per heavy atom. The van der Waals surface area contributed by atoms with Crippen LogP contribution in [0.5, 0.6) is 0 Å². The first-order valence-corrected chi connectivity index (χ1v) is 6.53. The Labute approximate surface area is 115 Å². The molecular weight excluding hydrogens is 305 g/mol. The van der Waals surface area contributed by atoms with E-state index in [0.29, 0.717) is 25.1 Å². The van der Waals surface area contributed by atoms with Gasteiger partial charge in [0.1, 0.15) is 0 Å². The number of rotatable bonds is 6. The Morgan fingerprint density at radius 3 is 3.00 bits per heavy atom. The van der Waals surface area contributed by atoms with Gasteiger partial charge in [-0.15, -0.1) is 11.6 Å². The Bertz CT molecular complexity index is 373. The van der Waals surface area contributed by atoms with E-state index < -0.39 is 0 Å². The summed E-state index contributed by atoms with van der Waals surface area (Å²) in [6.07, 6.45) is 0.690. The van der Waals surface area contributed by atoms with Crippen LogP contribution in [-0.2, 0) is 4.74 Å². The van der Waals surface area contributed by atoms with Gasteiger partial charge in [0.05, 0.1) is 12.0 Å². The van der Waals surface area contributed by atoms with Crippen LogP contribution in [0, 0.1) is 0 Å². The normalized spacial score (nSPS) is 12.2. The number of carbonyl (C=O) groups is 1. The zero-order chi connectivity index (χ0) is 12.7. The minimum atomic E-state index is -0.0902. The lowest BCUT2D eigenvalue weighted by atomic mass is 10.2. The molecule has 17 heavy (non-hydrogen) atoms. The molecule has 0 spiro atoms. The van der Waals surface area contributed by atoms with E-state index in [2.05, 4.69) is 21.2 Å². The molecule has 1 unspecified atom stereocenters. The van der Waals surface area contributed by atoms with Crippen molar-refractivity contribution >= 4 is 33.4 Å². The summed E-state index contributed by atoms with van der Waals surface area (Å²) in [4.78, 5) is 11.7. The van der Waals surface area contributed by atoms with Crippen molar-refractivity contribution in [3.63, 3.8) is 0 Å². The third kappa shape index (κ3) is 5.52. The summed E-state index contributed by atoms with van der Waals surface area (Å²) < 4.78 is 5.80. The number of carbonyl (C=O) groups excluding carboxylic acids is 1. The molecule has 0 aliphatic rings. The van der Waals surface area contributed by atoms with Crippen molar-refractivity contribution in [2.24, 2.45) is 0 Å². The standard InChI is InChI=1S/C12H15BrClNO2/c1-17-8-11(14)5-6-15-12(16)9-3-2-4-10(13)7-9/h2-4,7,11H,5-6,8H2,1H3,(H,15,16). The van der Waals surface area contributed by atoms with Crippen molar-refractivity contribution < 1.29 is 9.53 Å². The Morgan fingerprint density at radius 1 is 1.59 bits per heavy atom. The molecule has 1 amide bonds. The smallest absolute Gasteiger partial charge is 0.251 e. The van der Waals surface area contributed by atoms with E-state index in [1.165, 1.54) is 0 Å². The highest BCUT2D eigenvalue weighted by atomic mass is 79.9. The van der Waals surface area contributed by atoms with Gasteiger partial charge in [-0.25, -0.2) is 0 Å². The first kappa shape index (κ1) is 14.5. The summed E-state index contributed by atoms with van der Waals surface area (Å²) in [7, 11) is 1.61. The zero-order valence-corrected chi connectivity index (χ0v) is 11.9. The van der Waals surface area contributed by atoms with Gasteiger partial charge >= 0.3 is 0 Å². The van der Waals surface area contributed by atoms with Crippen molar-refractivity contribution in [3.8, 4) is 0 Å². The lowest BCUT2D eigenvalue weighted by Gasteiger charge is -2.09. The molecule has 0 fully saturated rings. The number of nitrogens with one attached hydrogen (secondary N) is 1. The van der Waals surface area contributed by atoms with Gasteiger partial charge in [0.2, 0.25) is 0 Å². The van der Waals surface area contributed by atoms with Gasteiger partial charge in [-0.2, -0.15) is 0 Å². The van der Waals surface area contributed by atoms with Gasteiger partial charge < -0.3 is 10.1 Å². The first-order chi connectivity index (χ1) is 8.13. The van der Waals surface area contributed by atoms with Crippen LogP contribution < -0.4 is 5.32 Å². The molecule has 5 heteroatoms. The van der Waals surface area contributed by atoms with Gasteiger partial charge in [-0.05, 0) is 24.6 Å². The molecule has 1 atom stereocenters. The van der Waals surface area contributed by atoms with Crippen LogP contribution in [0.25, 0.3) is 0 Å². The Balaban J connectivity index is 2.35. The van der Waals surface area contributed by atoms with Gasteiger partial charge in [0.15, 0.2) is 0 Å². The van der Waals surface area contributed by atoms with Crippen LogP contribution in [0.2, 0.25) is 0 Å². The van der Waals surface area contributed by atoms with Crippen LogP contribution in [-0.4, -0.2) is 31.5 Å². The predicted octanol–water partition coefficient (Wildman–Crippen LogP) is 2.82. The highest BCUT2D eigenvalue weighted by Crippen LogP contribution is 2.11. The molecule has 0 heterocycles. The number of halogens is 2. The number of alkyl halides is 1. The topological polar surface area (TPSA) is 38.3 Å². The molecule has 0 radical (unpaired) electrons. The average molecular weight is 321 g/mol. The quantitative estimate of drug-likeness (QED) is 0.819. The number of hydrogen-bond acceptors (Lipinski definition) is 2. The molecule has 1 N–H and O–H groups in total. The second kappa shape index (κ2) is 7.69. The van der Waals surface area contributed by atoms with Gasteiger partial charge in [0, 0.05) is 23.7 Å². The van der Waals surface area contributed by atoms with E-state index in [1.807, 2.05) is 12.1 Å². The second-order valence-electron chi connectivity index (χ2n) is 3.61. The number of amides is 1. The maximum Gasteiger partial charge on any atom is 0.251 e. The molecule has 1 rings (SSSR count). The van der Waals surface area contributed by atoms with E-state index in [0.717, 1.165) is 4.47 Å². The van der Waals surface area contributed by atoms with Crippen molar-refractivity contribution in [1.29, 1.82) is 0 Å². The summed E-state index contributed by atoms with van der Waals surface area (Å²) >= 11 is 9.28. The molecule has 0 saturated heterocycles. The second-order valence-corrected chi connectivity index (χ2v) is 5.14. The largest absolute Gasteiger partial charge is 0.383 e. The van der Waals surface area contributed by atoms with E-state index in [4.69, 9.17) is 16.3 Å². The third-order valence-corrected chi connectivity index (χ3v) is 3.01. The lowest BCUT2D eigenvalue weighted by molar-refractivity contribution is 0.0951.